The third-order valence-electron chi connectivity index (χ3n) is 6.98. The zero-order chi connectivity index (χ0) is 25.5. The van der Waals surface area contributed by atoms with Crippen LogP contribution in [0.2, 0.25) is 0 Å². The van der Waals surface area contributed by atoms with Gasteiger partial charge in [0.15, 0.2) is 5.69 Å². The van der Waals surface area contributed by atoms with Gasteiger partial charge in [-0.3, -0.25) is 4.79 Å². The Labute approximate surface area is 223 Å². The highest BCUT2D eigenvalue weighted by Crippen LogP contribution is 2.47. The number of anilines is 5. The van der Waals surface area contributed by atoms with E-state index in [0.717, 1.165) is 40.2 Å². The number of ether oxygens (including phenoxy) is 1. The highest BCUT2D eigenvalue weighted by atomic mass is 32.1. The lowest BCUT2D eigenvalue weighted by Gasteiger charge is -2.27. The molecule has 10 nitrogen and oxygen atoms in total. The fourth-order valence-electron chi connectivity index (χ4n) is 4.84. The molecule has 11 heteroatoms. The summed E-state index contributed by atoms with van der Waals surface area (Å²) >= 11 is 1.71. The molecule has 0 radical (unpaired) electrons. The molecule has 2 aliphatic heterocycles. The Morgan fingerprint density at radius 1 is 1.00 bits per heavy atom. The number of nitrogens with zero attached hydrogens (tertiary/aromatic N) is 5. The standard InChI is InChI=1S/C27H27N7O3S/c35-23-20(16-34(18-6-2-1-3-7-18)21-9-5-4-8-19(21)28-23)29-27-32-31-24(37-27)22-26(33-12-14-36-15-13-33)38-25(30-22)17-10-11-17/h1-9,17,20H,10-16H2,(H,28,35)(H,29,32)/t20-/m0/s1. The molecule has 7 rings (SSSR count). The molecule has 1 saturated carbocycles. The van der Waals surface area contributed by atoms with Crippen LogP contribution in [0.15, 0.2) is 59.0 Å². The van der Waals surface area contributed by atoms with Gasteiger partial charge in [-0.1, -0.05) is 35.4 Å². The molecule has 1 aliphatic carbocycles. The van der Waals surface area contributed by atoms with E-state index in [2.05, 4.69) is 30.6 Å². The molecule has 4 heterocycles. The zero-order valence-electron chi connectivity index (χ0n) is 20.7. The number of nitrogens with one attached hydrogen (secondary N) is 2. The molecular weight excluding hydrogens is 502 g/mol. The summed E-state index contributed by atoms with van der Waals surface area (Å²) in [6, 6.07) is 17.4. The topological polar surface area (TPSA) is 109 Å². The number of para-hydroxylation sites is 3. The molecule has 1 atom stereocenters. The van der Waals surface area contributed by atoms with Gasteiger partial charge in [-0.15, -0.1) is 16.4 Å². The van der Waals surface area contributed by atoms with Crippen LogP contribution in [0.25, 0.3) is 11.6 Å². The average molecular weight is 530 g/mol. The fraction of sp³-hybridized carbons (Fsp3) is 0.333. The maximum Gasteiger partial charge on any atom is 0.316 e. The molecule has 38 heavy (non-hydrogen) atoms. The third-order valence-corrected chi connectivity index (χ3v) is 8.26. The van der Waals surface area contributed by atoms with E-state index in [9.17, 15) is 4.79 Å². The Hall–Kier alpha value is -3.96. The summed E-state index contributed by atoms with van der Waals surface area (Å²) in [4.78, 5) is 22.6. The summed E-state index contributed by atoms with van der Waals surface area (Å²) in [5.74, 6) is 0.707. The Morgan fingerprint density at radius 3 is 2.61 bits per heavy atom. The van der Waals surface area contributed by atoms with Crippen molar-refractivity contribution in [3.63, 3.8) is 0 Å². The second-order valence-electron chi connectivity index (χ2n) is 9.64. The third kappa shape index (κ3) is 4.48. The number of amides is 1. The number of hydrogen-bond acceptors (Lipinski definition) is 10. The highest BCUT2D eigenvalue weighted by molar-refractivity contribution is 7.16. The Morgan fingerprint density at radius 2 is 1.79 bits per heavy atom. The van der Waals surface area contributed by atoms with Crippen LogP contribution in [0.3, 0.4) is 0 Å². The molecule has 1 saturated heterocycles. The van der Waals surface area contributed by atoms with Gasteiger partial charge in [0.1, 0.15) is 11.0 Å². The van der Waals surface area contributed by atoms with Crippen molar-refractivity contribution in [3.05, 3.63) is 59.6 Å². The maximum absolute atomic E-state index is 13.3. The first kappa shape index (κ1) is 23.2. The van der Waals surface area contributed by atoms with Crippen molar-refractivity contribution in [3.8, 4) is 11.6 Å². The van der Waals surface area contributed by atoms with Crippen molar-refractivity contribution in [1.29, 1.82) is 0 Å². The molecule has 3 aliphatic rings. The van der Waals surface area contributed by atoms with Gasteiger partial charge in [-0.25, -0.2) is 4.98 Å². The van der Waals surface area contributed by atoms with Gasteiger partial charge in [0.25, 0.3) is 5.89 Å². The summed E-state index contributed by atoms with van der Waals surface area (Å²) in [5.41, 5.74) is 3.37. The zero-order valence-corrected chi connectivity index (χ0v) is 21.5. The number of benzene rings is 2. The molecule has 2 aromatic carbocycles. The van der Waals surface area contributed by atoms with E-state index < -0.39 is 6.04 Å². The molecule has 2 aromatic heterocycles. The number of fused-ring (bicyclic) bond motifs is 1. The van der Waals surface area contributed by atoms with Crippen molar-refractivity contribution < 1.29 is 13.9 Å². The molecule has 1 amide bonds. The minimum Gasteiger partial charge on any atom is -0.402 e. The van der Waals surface area contributed by atoms with Gasteiger partial charge < -0.3 is 29.6 Å². The van der Waals surface area contributed by atoms with Crippen LogP contribution in [0.4, 0.5) is 28.1 Å². The molecule has 2 N–H and O–H groups in total. The predicted molar refractivity (Wildman–Crippen MR) is 146 cm³/mol. The van der Waals surface area contributed by atoms with Crippen LogP contribution in [-0.2, 0) is 9.53 Å². The minimum atomic E-state index is -0.632. The lowest BCUT2D eigenvalue weighted by Crippen LogP contribution is -2.40. The molecule has 4 aromatic rings. The number of thiazole rings is 1. The summed E-state index contributed by atoms with van der Waals surface area (Å²) in [5, 5.41) is 17.0. The fourth-order valence-corrected chi connectivity index (χ4v) is 6.12. The summed E-state index contributed by atoms with van der Waals surface area (Å²) in [7, 11) is 0. The SMILES string of the molecule is O=C1Nc2ccccc2N(c2ccccc2)C[C@@H]1Nc1nnc(-c2nc(C3CC3)sc2N2CCOCC2)o1. The number of rotatable bonds is 6. The number of aromatic nitrogens is 3. The van der Waals surface area contributed by atoms with Gasteiger partial charge >= 0.3 is 6.01 Å². The number of hydrogen-bond donors (Lipinski definition) is 2. The van der Waals surface area contributed by atoms with Crippen molar-refractivity contribution in [2.45, 2.75) is 24.8 Å². The van der Waals surface area contributed by atoms with Crippen LogP contribution >= 0.6 is 11.3 Å². The summed E-state index contributed by atoms with van der Waals surface area (Å²) < 4.78 is 11.6. The largest absolute Gasteiger partial charge is 0.402 e. The number of carbonyl (C=O) groups excluding carboxylic acids is 1. The van der Waals surface area contributed by atoms with Gasteiger partial charge in [-0.05, 0) is 37.1 Å². The molecule has 0 bridgehead atoms. The molecule has 0 unspecified atom stereocenters. The monoisotopic (exact) mass is 529 g/mol. The lowest BCUT2D eigenvalue weighted by molar-refractivity contribution is -0.116. The highest BCUT2D eigenvalue weighted by Gasteiger charge is 2.33. The van der Waals surface area contributed by atoms with E-state index in [1.807, 2.05) is 54.6 Å². The minimum absolute atomic E-state index is 0.172. The second kappa shape index (κ2) is 9.73. The van der Waals surface area contributed by atoms with E-state index in [4.69, 9.17) is 14.1 Å². The maximum atomic E-state index is 13.3. The average Bonchev–Trinajstić information content (AvgIpc) is 3.58. The van der Waals surface area contributed by atoms with Gasteiger partial charge in [0, 0.05) is 24.7 Å². The van der Waals surface area contributed by atoms with Crippen molar-refractivity contribution in [1.82, 2.24) is 15.2 Å². The first-order valence-electron chi connectivity index (χ1n) is 12.9. The van der Waals surface area contributed by atoms with E-state index in [0.29, 0.717) is 37.3 Å². The predicted octanol–water partition coefficient (Wildman–Crippen LogP) is 4.48. The van der Waals surface area contributed by atoms with Gasteiger partial charge in [0.05, 0.1) is 36.1 Å². The Balaban J connectivity index is 1.17. The number of carbonyl (C=O) groups is 1. The Bertz CT molecular complexity index is 1450. The summed E-state index contributed by atoms with van der Waals surface area (Å²) in [6.07, 6.45) is 2.34. The smallest absolute Gasteiger partial charge is 0.316 e. The van der Waals surface area contributed by atoms with Crippen LogP contribution < -0.4 is 20.4 Å². The number of morpholine rings is 1. The van der Waals surface area contributed by atoms with Crippen molar-refractivity contribution >= 4 is 45.3 Å². The lowest BCUT2D eigenvalue weighted by atomic mass is 10.2. The normalized spacial score (nSPS) is 19.6. The van der Waals surface area contributed by atoms with E-state index >= 15 is 0 Å². The molecular formula is C27H27N7O3S. The molecule has 0 spiro atoms. The van der Waals surface area contributed by atoms with E-state index in [1.54, 1.807) is 11.3 Å². The van der Waals surface area contributed by atoms with E-state index in [1.165, 1.54) is 12.8 Å². The van der Waals surface area contributed by atoms with Crippen molar-refractivity contribution in [2.75, 3.05) is 53.3 Å². The van der Waals surface area contributed by atoms with Crippen LogP contribution in [0.1, 0.15) is 23.8 Å². The van der Waals surface area contributed by atoms with Gasteiger partial charge in [0.2, 0.25) is 5.91 Å². The van der Waals surface area contributed by atoms with Crippen LogP contribution in [0.5, 0.6) is 0 Å². The quantitative estimate of drug-likeness (QED) is 0.374. The molecule has 194 valence electrons. The van der Waals surface area contributed by atoms with Gasteiger partial charge in [-0.2, -0.15) is 0 Å². The summed E-state index contributed by atoms with van der Waals surface area (Å²) in [6.45, 7) is 3.35. The first-order valence-corrected chi connectivity index (χ1v) is 13.7. The van der Waals surface area contributed by atoms with Crippen LogP contribution in [0, 0.1) is 0 Å². The Kier molecular flexibility index (Phi) is 5.94. The van der Waals surface area contributed by atoms with E-state index in [-0.39, 0.29) is 11.9 Å². The van der Waals surface area contributed by atoms with Crippen molar-refractivity contribution in [2.24, 2.45) is 0 Å². The second-order valence-corrected chi connectivity index (χ2v) is 10.7. The first-order chi connectivity index (χ1) is 18.7. The van der Waals surface area contributed by atoms with Crippen LogP contribution in [-0.4, -0.2) is 60.0 Å². The molecule has 2 fully saturated rings.